The molecule has 0 amide bonds. The Morgan fingerprint density at radius 2 is 1.96 bits per heavy atom. The molecule has 7 heteroatoms. The molecule has 0 atom stereocenters. The van der Waals surface area contributed by atoms with Crippen LogP contribution in [0.25, 0.3) is 0 Å². The average Bonchev–Trinajstić information content (AvgIpc) is 2.40. The van der Waals surface area contributed by atoms with Crippen LogP contribution in [0.15, 0.2) is 12.3 Å². The van der Waals surface area contributed by atoms with E-state index >= 15 is 0 Å². The first-order chi connectivity index (χ1) is 10.5. The summed E-state index contributed by atoms with van der Waals surface area (Å²) >= 11 is 0. The number of nitrogens with zero attached hydrogens (tertiary/aromatic N) is 1. The number of ether oxygens (including phenoxy) is 2. The molecule has 0 saturated carbocycles. The van der Waals surface area contributed by atoms with E-state index in [1.165, 1.54) is 13.3 Å². The predicted octanol–water partition coefficient (Wildman–Crippen LogP) is 3.65. The fourth-order valence-electron chi connectivity index (χ4n) is 2.55. The SMILES string of the molecule is COC(=O)c1ncc(OCCO[Si](C)(C)CC(C)(C)C)cc1F. The van der Waals surface area contributed by atoms with Crippen LogP contribution in [0.3, 0.4) is 0 Å². The zero-order chi connectivity index (χ0) is 17.7. The maximum absolute atomic E-state index is 13.7. The van der Waals surface area contributed by atoms with E-state index in [0.29, 0.717) is 13.2 Å². The molecule has 0 aromatic carbocycles. The molecule has 23 heavy (non-hydrogen) atoms. The van der Waals surface area contributed by atoms with Gasteiger partial charge in [0, 0.05) is 6.07 Å². The molecule has 0 spiro atoms. The second-order valence-corrected chi connectivity index (χ2v) is 11.3. The number of aromatic nitrogens is 1. The summed E-state index contributed by atoms with van der Waals surface area (Å²) in [6, 6.07) is 2.17. The third-order valence-corrected chi connectivity index (χ3v) is 5.89. The van der Waals surface area contributed by atoms with E-state index in [1.54, 1.807) is 0 Å². The van der Waals surface area contributed by atoms with E-state index in [-0.39, 0.29) is 16.9 Å². The van der Waals surface area contributed by atoms with Gasteiger partial charge in [0.2, 0.25) is 0 Å². The number of hydrogen-bond donors (Lipinski definition) is 0. The van der Waals surface area contributed by atoms with Crippen molar-refractivity contribution in [3.63, 3.8) is 0 Å². The Hall–Kier alpha value is -1.47. The fourth-order valence-corrected chi connectivity index (χ4v) is 5.84. The van der Waals surface area contributed by atoms with Gasteiger partial charge in [-0.2, -0.15) is 0 Å². The molecule has 0 unspecified atom stereocenters. The van der Waals surface area contributed by atoms with Gasteiger partial charge in [0.25, 0.3) is 0 Å². The zero-order valence-electron chi connectivity index (χ0n) is 14.7. The van der Waals surface area contributed by atoms with Gasteiger partial charge in [0.15, 0.2) is 19.8 Å². The highest BCUT2D eigenvalue weighted by atomic mass is 28.4. The van der Waals surface area contributed by atoms with Crippen LogP contribution in [0.5, 0.6) is 5.75 Å². The lowest BCUT2D eigenvalue weighted by Gasteiger charge is -2.30. The third-order valence-electron chi connectivity index (χ3n) is 3.00. The summed E-state index contributed by atoms with van der Waals surface area (Å²) in [4.78, 5) is 15.0. The van der Waals surface area contributed by atoms with Gasteiger partial charge in [-0.05, 0) is 24.6 Å². The van der Waals surface area contributed by atoms with Crippen molar-refractivity contribution in [1.82, 2.24) is 4.98 Å². The largest absolute Gasteiger partial charge is 0.490 e. The van der Waals surface area contributed by atoms with Crippen molar-refractivity contribution in [3.8, 4) is 5.75 Å². The number of pyridine rings is 1. The molecule has 0 radical (unpaired) electrons. The standard InChI is InChI=1S/C16H26FNO4Si/c1-16(2,3)11-23(5,6)22-8-7-21-12-9-13(17)14(18-10-12)15(19)20-4/h9-10H,7-8,11H2,1-6H3. The van der Waals surface area contributed by atoms with E-state index in [0.717, 1.165) is 12.1 Å². The first-order valence-electron chi connectivity index (χ1n) is 7.55. The molecule has 1 aromatic heterocycles. The lowest BCUT2D eigenvalue weighted by molar-refractivity contribution is 0.0588. The highest BCUT2D eigenvalue weighted by molar-refractivity contribution is 6.71. The minimum atomic E-state index is -1.75. The molecule has 0 aliphatic carbocycles. The Morgan fingerprint density at radius 1 is 1.30 bits per heavy atom. The van der Waals surface area contributed by atoms with Crippen molar-refractivity contribution in [2.45, 2.75) is 39.9 Å². The quantitative estimate of drug-likeness (QED) is 0.430. The molecule has 0 aliphatic heterocycles. The summed E-state index contributed by atoms with van der Waals surface area (Å²) in [6.07, 6.45) is 1.30. The minimum absolute atomic E-state index is 0.230. The van der Waals surface area contributed by atoms with E-state index in [9.17, 15) is 9.18 Å². The molecule has 0 saturated heterocycles. The predicted molar refractivity (Wildman–Crippen MR) is 88.7 cm³/mol. The van der Waals surface area contributed by atoms with Gasteiger partial charge < -0.3 is 13.9 Å². The summed E-state index contributed by atoms with van der Waals surface area (Å²) in [6.45, 7) is 11.7. The van der Waals surface area contributed by atoms with Gasteiger partial charge in [-0.1, -0.05) is 20.8 Å². The van der Waals surface area contributed by atoms with Crippen LogP contribution in [0, 0.1) is 11.2 Å². The molecule has 130 valence electrons. The van der Waals surface area contributed by atoms with Crippen LogP contribution >= 0.6 is 0 Å². The zero-order valence-corrected chi connectivity index (χ0v) is 15.7. The molecular weight excluding hydrogens is 317 g/mol. The monoisotopic (exact) mass is 343 g/mol. The Kier molecular flexibility index (Phi) is 6.70. The van der Waals surface area contributed by atoms with Gasteiger partial charge in [-0.25, -0.2) is 14.2 Å². The summed E-state index contributed by atoms with van der Waals surface area (Å²) in [7, 11) is -0.572. The van der Waals surface area contributed by atoms with Crippen LogP contribution in [0.2, 0.25) is 19.1 Å². The lowest BCUT2D eigenvalue weighted by atomic mass is 10.0. The molecule has 1 aromatic rings. The van der Waals surface area contributed by atoms with Crippen molar-refractivity contribution < 1.29 is 23.1 Å². The molecule has 0 fully saturated rings. The minimum Gasteiger partial charge on any atom is -0.490 e. The van der Waals surface area contributed by atoms with Crippen molar-refractivity contribution in [3.05, 3.63) is 23.8 Å². The van der Waals surface area contributed by atoms with E-state index in [4.69, 9.17) is 9.16 Å². The maximum atomic E-state index is 13.7. The number of carbonyl (C=O) groups excluding carboxylic acids is 1. The second kappa shape index (κ2) is 7.87. The number of esters is 1. The summed E-state index contributed by atoms with van der Waals surface area (Å²) in [5.74, 6) is -1.32. The topological polar surface area (TPSA) is 57.7 Å². The molecule has 1 heterocycles. The van der Waals surface area contributed by atoms with Crippen LogP contribution in [-0.4, -0.2) is 39.6 Å². The normalized spacial score (nSPS) is 12.1. The molecule has 5 nitrogen and oxygen atoms in total. The van der Waals surface area contributed by atoms with Crippen molar-refractivity contribution in [2.75, 3.05) is 20.3 Å². The van der Waals surface area contributed by atoms with Gasteiger partial charge in [0.05, 0.1) is 19.9 Å². The van der Waals surface area contributed by atoms with Crippen molar-refractivity contribution >= 4 is 14.3 Å². The van der Waals surface area contributed by atoms with E-state index in [1.807, 2.05) is 0 Å². The first-order valence-corrected chi connectivity index (χ1v) is 10.7. The summed E-state index contributed by atoms with van der Waals surface area (Å²) in [5.41, 5.74) is -0.123. The molecule has 0 aliphatic rings. The van der Waals surface area contributed by atoms with Gasteiger partial charge in [-0.3, -0.25) is 0 Å². The van der Waals surface area contributed by atoms with E-state index < -0.39 is 20.1 Å². The Bertz CT molecular complexity index is 543. The summed E-state index contributed by atoms with van der Waals surface area (Å²) < 4.78 is 29.5. The van der Waals surface area contributed by atoms with E-state index in [2.05, 4.69) is 43.6 Å². The van der Waals surface area contributed by atoms with Crippen molar-refractivity contribution in [1.29, 1.82) is 0 Å². The Balaban J connectivity index is 2.48. The highest BCUT2D eigenvalue weighted by Gasteiger charge is 2.29. The lowest BCUT2D eigenvalue weighted by Crippen LogP contribution is -2.36. The van der Waals surface area contributed by atoms with Gasteiger partial charge in [-0.15, -0.1) is 0 Å². The number of rotatable bonds is 7. The molecule has 0 N–H and O–H groups in total. The van der Waals surface area contributed by atoms with Crippen LogP contribution in [-0.2, 0) is 9.16 Å². The second-order valence-electron chi connectivity index (χ2n) is 7.19. The molecule has 0 bridgehead atoms. The number of carbonyl (C=O) groups is 1. The van der Waals surface area contributed by atoms with Crippen LogP contribution in [0.4, 0.5) is 4.39 Å². The Labute approximate surface area is 138 Å². The Morgan fingerprint density at radius 3 is 2.48 bits per heavy atom. The van der Waals surface area contributed by atoms with Crippen molar-refractivity contribution in [2.24, 2.45) is 5.41 Å². The number of halogens is 1. The fraction of sp³-hybridized carbons (Fsp3) is 0.625. The third kappa shape index (κ3) is 7.09. The van der Waals surface area contributed by atoms with Crippen LogP contribution < -0.4 is 4.74 Å². The number of methoxy groups -OCH3 is 1. The average molecular weight is 343 g/mol. The smallest absolute Gasteiger partial charge is 0.359 e. The van der Waals surface area contributed by atoms with Gasteiger partial charge >= 0.3 is 5.97 Å². The maximum Gasteiger partial charge on any atom is 0.359 e. The number of hydrogen-bond acceptors (Lipinski definition) is 5. The molecular formula is C16H26FNO4Si. The highest BCUT2D eigenvalue weighted by Crippen LogP contribution is 2.28. The van der Waals surface area contributed by atoms with Gasteiger partial charge in [0.1, 0.15) is 12.4 Å². The first kappa shape index (κ1) is 19.6. The molecule has 1 rings (SSSR count). The summed E-state index contributed by atoms with van der Waals surface area (Å²) in [5, 5.41) is 0. The van der Waals surface area contributed by atoms with Crippen LogP contribution in [0.1, 0.15) is 31.3 Å².